The summed E-state index contributed by atoms with van der Waals surface area (Å²) in [6.07, 6.45) is 3.22. The van der Waals surface area contributed by atoms with E-state index in [0.717, 1.165) is 25.0 Å². The van der Waals surface area contributed by atoms with Crippen LogP contribution in [0.1, 0.15) is 24.0 Å². The van der Waals surface area contributed by atoms with Crippen LogP contribution in [0.3, 0.4) is 0 Å². The molecule has 0 radical (unpaired) electrons. The summed E-state index contributed by atoms with van der Waals surface area (Å²) in [7, 11) is 1.68. The van der Waals surface area contributed by atoms with Crippen molar-refractivity contribution >= 4 is 11.6 Å². The van der Waals surface area contributed by atoms with Gasteiger partial charge in [-0.25, -0.2) is 0 Å². The molecule has 0 bridgehead atoms. The van der Waals surface area contributed by atoms with Gasteiger partial charge >= 0.3 is 0 Å². The average molecular weight is 255 g/mol. The van der Waals surface area contributed by atoms with E-state index in [1.807, 2.05) is 0 Å². The highest BCUT2D eigenvalue weighted by Gasteiger charge is 2.23. The SMILES string of the molecule is COCC(Cl)CCC1Cc2cc(C)ccc2O1. The zero-order valence-corrected chi connectivity index (χ0v) is 11.2. The molecule has 94 valence electrons. The molecule has 0 aromatic heterocycles. The van der Waals surface area contributed by atoms with Crippen molar-refractivity contribution in [2.45, 2.75) is 37.7 Å². The fraction of sp³-hybridized carbons (Fsp3) is 0.571. The predicted octanol–water partition coefficient (Wildman–Crippen LogP) is 3.33. The summed E-state index contributed by atoms with van der Waals surface area (Å²) in [6, 6.07) is 6.37. The lowest BCUT2D eigenvalue weighted by Crippen LogP contribution is -2.17. The van der Waals surface area contributed by atoms with E-state index >= 15 is 0 Å². The lowest BCUT2D eigenvalue weighted by atomic mass is 10.0. The maximum Gasteiger partial charge on any atom is 0.123 e. The van der Waals surface area contributed by atoms with Crippen molar-refractivity contribution in [3.63, 3.8) is 0 Å². The number of methoxy groups -OCH3 is 1. The Bertz CT molecular complexity index is 378. The van der Waals surface area contributed by atoms with Gasteiger partial charge in [0.25, 0.3) is 0 Å². The van der Waals surface area contributed by atoms with Gasteiger partial charge in [-0.1, -0.05) is 17.7 Å². The van der Waals surface area contributed by atoms with Gasteiger partial charge < -0.3 is 9.47 Å². The first-order valence-corrected chi connectivity index (χ1v) is 6.52. The molecule has 2 unspecified atom stereocenters. The maximum atomic E-state index is 6.12. The fourth-order valence-electron chi connectivity index (χ4n) is 2.24. The molecular weight excluding hydrogens is 236 g/mol. The van der Waals surface area contributed by atoms with Gasteiger partial charge in [-0.15, -0.1) is 11.6 Å². The first-order chi connectivity index (χ1) is 8.19. The van der Waals surface area contributed by atoms with Crippen LogP contribution >= 0.6 is 11.6 Å². The van der Waals surface area contributed by atoms with Gasteiger partial charge in [-0.2, -0.15) is 0 Å². The van der Waals surface area contributed by atoms with Crippen LogP contribution in [-0.2, 0) is 11.2 Å². The van der Waals surface area contributed by atoms with E-state index in [1.165, 1.54) is 11.1 Å². The number of halogens is 1. The number of fused-ring (bicyclic) bond motifs is 1. The topological polar surface area (TPSA) is 18.5 Å². The van der Waals surface area contributed by atoms with E-state index < -0.39 is 0 Å². The van der Waals surface area contributed by atoms with Gasteiger partial charge in [0.2, 0.25) is 0 Å². The molecule has 0 aliphatic carbocycles. The highest BCUT2D eigenvalue weighted by Crippen LogP contribution is 2.31. The van der Waals surface area contributed by atoms with Gasteiger partial charge in [0, 0.05) is 13.5 Å². The lowest BCUT2D eigenvalue weighted by Gasteiger charge is -2.13. The van der Waals surface area contributed by atoms with Crippen LogP contribution in [0.15, 0.2) is 18.2 Å². The van der Waals surface area contributed by atoms with Crippen LogP contribution in [0.25, 0.3) is 0 Å². The first-order valence-electron chi connectivity index (χ1n) is 6.08. The molecule has 2 nitrogen and oxygen atoms in total. The van der Waals surface area contributed by atoms with E-state index in [9.17, 15) is 0 Å². The second kappa shape index (κ2) is 5.74. The third kappa shape index (κ3) is 3.36. The van der Waals surface area contributed by atoms with E-state index in [4.69, 9.17) is 21.1 Å². The van der Waals surface area contributed by atoms with Gasteiger partial charge in [-0.05, 0) is 31.4 Å². The number of aryl methyl sites for hydroxylation is 1. The Morgan fingerprint density at radius 3 is 3.12 bits per heavy atom. The van der Waals surface area contributed by atoms with Crippen LogP contribution in [0.2, 0.25) is 0 Å². The molecule has 2 rings (SSSR count). The number of hydrogen-bond donors (Lipinski definition) is 0. The summed E-state index contributed by atoms with van der Waals surface area (Å²) < 4.78 is 10.9. The van der Waals surface area contributed by atoms with Crippen molar-refractivity contribution in [2.24, 2.45) is 0 Å². The van der Waals surface area contributed by atoms with E-state index in [0.29, 0.717) is 6.61 Å². The van der Waals surface area contributed by atoms with E-state index in [1.54, 1.807) is 7.11 Å². The Kier molecular flexibility index (Phi) is 4.30. The van der Waals surface area contributed by atoms with Crippen LogP contribution in [-0.4, -0.2) is 25.2 Å². The average Bonchev–Trinajstić information content (AvgIpc) is 2.68. The smallest absolute Gasteiger partial charge is 0.123 e. The molecule has 0 fully saturated rings. The molecule has 0 saturated carbocycles. The zero-order chi connectivity index (χ0) is 12.3. The molecule has 0 N–H and O–H groups in total. The quantitative estimate of drug-likeness (QED) is 0.751. The molecule has 0 amide bonds. The molecular formula is C14H19ClO2. The van der Waals surface area contributed by atoms with Gasteiger partial charge in [-0.3, -0.25) is 0 Å². The standard InChI is InChI=1S/C14H19ClO2/c1-10-3-6-14-11(7-10)8-13(17-14)5-4-12(15)9-16-2/h3,6-7,12-13H,4-5,8-9H2,1-2H3. The van der Waals surface area contributed by atoms with Crippen molar-refractivity contribution in [1.82, 2.24) is 0 Å². The third-order valence-electron chi connectivity index (χ3n) is 3.11. The molecule has 2 atom stereocenters. The second-order valence-electron chi connectivity index (χ2n) is 4.69. The third-order valence-corrected chi connectivity index (χ3v) is 3.45. The summed E-state index contributed by atoms with van der Waals surface area (Å²) in [6.45, 7) is 2.72. The Morgan fingerprint density at radius 1 is 1.53 bits per heavy atom. The number of ether oxygens (including phenoxy) is 2. The first kappa shape index (κ1) is 12.7. The monoisotopic (exact) mass is 254 g/mol. The van der Waals surface area contributed by atoms with Crippen LogP contribution in [0.4, 0.5) is 0 Å². The second-order valence-corrected chi connectivity index (χ2v) is 5.30. The van der Waals surface area contributed by atoms with Crippen molar-refractivity contribution in [3.8, 4) is 5.75 Å². The highest BCUT2D eigenvalue weighted by molar-refractivity contribution is 6.20. The van der Waals surface area contributed by atoms with Gasteiger partial charge in [0.1, 0.15) is 11.9 Å². The van der Waals surface area contributed by atoms with Crippen LogP contribution < -0.4 is 4.74 Å². The van der Waals surface area contributed by atoms with Crippen molar-refractivity contribution in [3.05, 3.63) is 29.3 Å². The summed E-state index contributed by atoms with van der Waals surface area (Å²) in [5.41, 5.74) is 2.62. The van der Waals surface area contributed by atoms with Crippen molar-refractivity contribution in [1.29, 1.82) is 0 Å². The maximum absolute atomic E-state index is 6.12. The van der Waals surface area contributed by atoms with E-state index in [-0.39, 0.29) is 11.5 Å². The number of rotatable bonds is 5. The fourth-order valence-corrected chi connectivity index (χ4v) is 2.49. The predicted molar refractivity (Wildman–Crippen MR) is 70.1 cm³/mol. The Morgan fingerprint density at radius 2 is 2.35 bits per heavy atom. The van der Waals surface area contributed by atoms with Gasteiger partial charge in [0.15, 0.2) is 0 Å². The number of benzene rings is 1. The van der Waals surface area contributed by atoms with E-state index in [2.05, 4.69) is 25.1 Å². The molecule has 1 aliphatic rings. The lowest BCUT2D eigenvalue weighted by molar-refractivity contribution is 0.180. The number of alkyl halides is 1. The van der Waals surface area contributed by atoms with Crippen LogP contribution in [0.5, 0.6) is 5.75 Å². The van der Waals surface area contributed by atoms with Crippen LogP contribution in [0, 0.1) is 6.92 Å². The Hall–Kier alpha value is -0.730. The van der Waals surface area contributed by atoms with Crippen molar-refractivity contribution < 1.29 is 9.47 Å². The summed E-state index contributed by atoms with van der Waals surface area (Å²) in [5.74, 6) is 1.04. The highest BCUT2D eigenvalue weighted by atomic mass is 35.5. The summed E-state index contributed by atoms with van der Waals surface area (Å²) in [5, 5.41) is 0.0917. The number of hydrogen-bond acceptors (Lipinski definition) is 2. The van der Waals surface area contributed by atoms with Crippen molar-refractivity contribution in [2.75, 3.05) is 13.7 Å². The molecule has 1 heterocycles. The zero-order valence-electron chi connectivity index (χ0n) is 10.4. The Balaban J connectivity index is 1.84. The Labute approximate surface area is 108 Å². The molecule has 0 saturated heterocycles. The minimum Gasteiger partial charge on any atom is -0.490 e. The molecule has 17 heavy (non-hydrogen) atoms. The largest absolute Gasteiger partial charge is 0.490 e. The molecule has 1 aromatic rings. The molecule has 3 heteroatoms. The minimum atomic E-state index is 0.0917. The van der Waals surface area contributed by atoms with Gasteiger partial charge in [0.05, 0.1) is 12.0 Å². The molecule has 1 aliphatic heterocycles. The summed E-state index contributed by atoms with van der Waals surface area (Å²) in [4.78, 5) is 0. The summed E-state index contributed by atoms with van der Waals surface area (Å²) >= 11 is 6.12. The molecule has 0 spiro atoms. The normalized spacial score (nSPS) is 19.8. The molecule has 1 aromatic carbocycles. The minimum absolute atomic E-state index is 0.0917.